The van der Waals surface area contributed by atoms with Gasteiger partial charge in [0, 0.05) is 21.4 Å². The van der Waals surface area contributed by atoms with Gasteiger partial charge in [-0.1, -0.05) is 11.6 Å². The van der Waals surface area contributed by atoms with Crippen LogP contribution in [0.2, 0.25) is 5.02 Å². The van der Waals surface area contributed by atoms with Gasteiger partial charge in [0.1, 0.15) is 5.82 Å². The number of nitrogens with two attached hydrogens (primary N) is 1. The van der Waals surface area contributed by atoms with Crippen LogP contribution in [-0.4, -0.2) is 13.4 Å². The molecule has 0 bridgehead atoms. The average molecular weight is 391 g/mol. The van der Waals surface area contributed by atoms with Crippen molar-refractivity contribution in [1.82, 2.24) is 4.98 Å². The summed E-state index contributed by atoms with van der Waals surface area (Å²) in [5, 5.41) is 0.301. The minimum absolute atomic E-state index is 0.00188. The number of aromatic nitrogens is 1. The van der Waals surface area contributed by atoms with E-state index >= 15 is 0 Å². The molecule has 5 nitrogen and oxygen atoms in total. The summed E-state index contributed by atoms with van der Waals surface area (Å²) in [4.78, 5) is 4.01. The molecule has 21 heavy (non-hydrogen) atoms. The second-order valence-corrected chi connectivity index (χ2v) is 7.49. The molecule has 0 saturated carbocycles. The molecule has 1 heterocycles. The average Bonchev–Trinajstić information content (AvgIpc) is 2.39. The number of anilines is 2. The van der Waals surface area contributed by atoms with Gasteiger partial charge in [-0.15, -0.1) is 0 Å². The van der Waals surface area contributed by atoms with Crippen molar-refractivity contribution < 1.29 is 8.42 Å². The number of pyridine rings is 1. The third-order valence-corrected chi connectivity index (χ3v) is 5.51. The lowest BCUT2D eigenvalue weighted by molar-refractivity contribution is 0.601. The van der Waals surface area contributed by atoms with E-state index in [-0.39, 0.29) is 10.7 Å². The van der Waals surface area contributed by atoms with E-state index < -0.39 is 10.0 Å². The summed E-state index contributed by atoms with van der Waals surface area (Å²) in [5.74, 6) is 0.228. The van der Waals surface area contributed by atoms with Gasteiger partial charge in [-0.3, -0.25) is 4.72 Å². The molecule has 0 amide bonds. The zero-order valence-electron chi connectivity index (χ0n) is 11.3. The monoisotopic (exact) mass is 389 g/mol. The minimum Gasteiger partial charge on any atom is -0.398 e. The molecule has 0 unspecified atom stereocenters. The van der Waals surface area contributed by atoms with Crippen LogP contribution < -0.4 is 10.5 Å². The van der Waals surface area contributed by atoms with E-state index in [0.717, 1.165) is 10.0 Å². The molecule has 1 aromatic heterocycles. The number of nitrogen functional groups attached to an aromatic ring is 1. The fourth-order valence-electron chi connectivity index (χ4n) is 1.62. The normalized spacial score (nSPS) is 11.4. The van der Waals surface area contributed by atoms with Crippen LogP contribution in [0.5, 0.6) is 0 Å². The van der Waals surface area contributed by atoms with Gasteiger partial charge in [-0.25, -0.2) is 13.4 Å². The van der Waals surface area contributed by atoms with Crippen LogP contribution in [0, 0.1) is 13.8 Å². The van der Waals surface area contributed by atoms with Crippen LogP contribution in [0.1, 0.15) is 11.1 Å². The van der Waals surface area contributed by atoms with E-state index in [9.17, 15) is 8.42 Å². The molecule has 0 aliphatic rings. The number of hydrogen-bond acceptors (Lipinski definition) is 4. The molecule has 0 aliphatic heterocycles. The fourth-order valence-corrected chi connectivity index (χ4v) is 3.19. The SMILES string of the molecule is Cc1cc(NS(=O)(=O)c2cc(N)c(C)c(Cl)c2)ncc1Br. The van der Waals surface area contributed by atoms with Crippen LogP contribution in [-0.2, 0) is 10.0 Å². The van der Waals surface area contributed by atoms with Crippen LogP contribution in [0.25, 0.3) is 0 Å². The molecule has 0 spiro atoms. The van der Waals surface area contributed by atoms with Crippen molar-refractivity contribution in [3.63, 3.8) is 0 Å². The van der Waals surface area contributed by atoms with Gasteiger partial charge in [0.05, 0.1) is 4.90 Å². The van der Waals surface area contributed by atoms with E-state index in [1.54, 1.807) is 13.0 Å². The number of halogens is 2. The largest absolute Gasteiger partial charge is 0.398 e. The van der Waals surface area contributed by atoms with Crippen molar-refractivity contribution in [2.45, 2.75) is 18.7 Å². The van der Waals surface area contributed by atoms with Crippen molar-refractivity contribution in [3.05, 3.63) is 45.0 Å². The first kappa shape index (κ1) is 16.1. The van der Waals surface area contributed by atoms with E-state index in [0.29, 0.717) is 16.3 Å². The summed E-state index contributed by atoms with van der Waals surface area (Å²) in [6.07, 6.45) is 1.53. The fraction of sp³-hybridized carbons (Fsp3) is 0.154. The van der Waals surface area contributed by atoms with E-state index in [1.165, 1.54) is 18.3 Å². The topological polar surface area (TPSA) is 85.1 Å². The van der Waals surface area contributed by atoms with Crippen LogP contribution >= 0.6 is 27.5 Å². The lowest BCUT2D eigenvalue weighted by Gasteiger charge is -2.11. The Morgan fingerprint density at radius 1 is 1.29 bits per heavy atom. The first-order chi connectivity index (χ1) is 9.70. The van der Waals surface area contributed by atoms with Crippen molar-refractivity contribution in [2.24, 2.45) is 0 Å². The molecule has 0 aliphatic carbocycles. The van der Waals surface area contributed by atoms with Crippen LogP contribution in [0.15, 0.2) is 33.8 Å². The summed E-state index contributed by atoms with van der Waals surface area (Å²) in [6, 6.07) is 4.36. The van der Waals surface area contributed by atoms with Crippen molar-refractivity contribution in [3.8, 4) is 0 Å². The maximum atomic E-state index is 12.3. The van der Waals surface area contributed by atoms with E-state index in [1.807, 2.05) is 6.92 Å². The van der Waals surface area contributed by atoms with Crippen molar-refractivity contribution >= 4 is 49.1 Å². The highest BCUT2D eigenvalue weighted by Gasteiger charge is 2.18. The summed E-state index contributed by atoms with van der Waals surface area (Å²) in [6.45, 7) is 3.56. The molecule has 0 fully saturated rings. The number of nitrogens with one attached hydrogen (secondary N) is 1. The third kappa shape index (κ3) is 3.48. The molecule has 2 aromatic rings. The summed E-state index contributed by atoms with van der Waals surface area (Å²) >= 11 is 9.29. The molecule has 3 N–H and O–H groups in total. The maximum absolute atomic E-state index is 12.3. The zero-order chi connectivity index (χ0) is 15.8. The Morgan fingerprint density at radius 3 is 2.52 bits per heavy atom. The minimum atomic E-state index is -3.80. The third-order valence-electron chi connectivity index (χ3n) is 2.95. The number of hydrogen-bond donors (Lipinski definition) is 2. The summed E-state index contributed by atoms with van der Waals surface area (Å²) in [7, 11) is -3.80. The molecule has 8 heteroatoms. The van der Waals surface area contributed by atoms with Gasteiger partial charge < -0.3 is 5.73 Å². The van der Waals surface area contributed by atoms with Gasteiger partial charge >= 0.3 is 0 Å². The van der Waals surface area contributed by atoms with Gasteiger partial charge in [0.25, 0.3) is 10.0 Å². The number of nitrogens with zero attached hydrogens (tertiary/aromatic N) is 1. The molecule has 0 radical (unpaired) electrons. The van der Waals surface area contributed by atoms with Crippen molar-refractivity contribution in [1.29, 1.82) is 0 Å². The molecular formula is C13H13BrClN3O2S. The highest BCUT2D eigenvalue weighted by molar-refractivity contribution is 9.10. The standard InChI is InChI=1S/C13H13BrClN3O2S/c1-7-3-13(17-6-10(7)14)18-21(19,20)9-4-11(15)8(2)12(16)5-9/h3-6H,16H2,1-2H3,(H,17,18). The number of benzene rings is 1. The molecule has 0 saturated heterocycles. The number of aryl methyl sites for hydroxylation is 1. The zero-order valence-corrected chi connectivity index (χ0v) is 14.5. The highest BCUT2D eigenvalue weighted by Crippen LogP contribution is 2.27. The lowest BCUT2D eigenvalue weighted by atomic mass is 10.2. The number of sulfonamides is 1. The van der Waals surface area contributed by atoms with Gasteiger partial charge in [-0.2, -0.15) is 0 Å². The Morgan fingerprint density at radius 2 is 1.95 bits per heavy atom. The number of rotatable bonds is 3. The first-order valence-electron chi connectivity index (χ1n) is 5.91. The molecule has 2 rings (SSSR count). The lowest BCUT2D eigenvalue weighted by Crippen LogP contribution is -2.14. The Hall–Kier alpha value is -1.31. The molecular weight excluding hydrogens is 378 g/mol. The molecule has 1 aromatic carbocycles. The van der Waals surface area contributed by atoms with Crippen LogP contribution in [0.3, 0.4) is 0 Å². The Bertz CT molecular complexity index is 786. The molecule has 0 atom stereocenters. The Balaban J connectivity index is 2.40. The molecule has 112 valence electrons. The smallest absolute Gasteiger partial charge is 0.263 e. The first-order valence-corrected chi connectivity index (χ1v) is 8.56. The second-order valence-electron chi connectivity index (χ2n) is 4.54. The van der Waals surface area contributed by atoms with Gasteiger partial charge in [0.15, 0.2) is 0 Å². The van der Waals surface area contributed by atoms with Gasteiger partial charge in [0.2, 0.25) is 0 Å². The highest BCUT2D eigenvalue weighted by atomic mass is 79.9. The van der Waals surface area contributed by atoms with Crippen molar-refractivity contribution in [2.75, 3.05) is 10.5 Å². The second kappa shape index (κ2) is 5.82. The predicted molar refractivity (Wildman–Crippen MR) is 88.1 cm³/mol. The van der Waals surface area contributed by atoms with E-state index in [4.69, 9.17) is 17.3 Å². The summed E-state index contributed by atoms with van der Waals surface area (Å²) < 4.78 is 27.9. The Kier molecular flexibility index (Phi) is 4.46. The summed E-state index contributed by atoms with van der Waals surface area (Å²) in [5.41, 5.74) is 7.59. The Labute approximate surface area is 136 Å². The quantitative estimate of drug-likeness (QED) is 0.786. The van der Waals surface area contributed by atoms with Crippen LogP contribution in [0.4, 0.5) is 11.5 Å². The van der Waals surface area contributed by atoms with Gasteiger partial charge in [-0.05, 0) is 59.1 Å². The predicted octanol–water partition coefficient (Wildman–Crippen LogP) is 3.50. The maximum Gasteiger partial charge on any atom is 0.263 e. The van der Waals surface area contributed by atoms with E-state index in [2.05, 4.69) is 25.6 Å².